The summed E-state index contributed by atoms with van der Waals surface area (Å²) >= 11 is 1.49. The van der Waals surface area contributed by atoms with Gasteiger partial charge in [0.15, 0.2) is 11.7 Å². The standard InChI is InChI=1S/C18H18N2O2S/c1-11-8-13(3)17-14(9-11)19-18(23-17)20-16(21)10-22-15-7-5-4-6-12(15)2/h4-9H,10H2,1-3H3,(H,19,20,21). The lowest BCUT2D eigenvalue weighted by atomic mass is 10.1. The number of rotatable bonds is 4. The van der Waals surface area contributed by atoms with Gasteiger partial charge in [0.2, 0.25) is 0 Å². The second kappa shape index (κ2) is 6.38. The van der Waals surface area contributed by atoms with Crippen LogP contribution in [-0.4, -0.2) is 17.5 Å². The third-order valence-electron chi connectivity index (χ3n) is 3.52. The number of aromatic nitrogens is 1. The molecule has 1 amide bonds. The molecule has 0 radical (unpaired) electrons. The SMILES string of the molecule is Cc1cc(C)c2sc(NC(=O)COc3ccccc3C)nc2c1. The van der Waals surface area contributed by atoms with Crippen LogP contribution in [0.4, 0.5) is 5.13 Å². The highest BCUT2D eigenvalue weighted by Crippen LogP contribution is 2.29. The molecule has 1 N–H and O–H groups in total. The molecular weight excluding hydrogens is 308 g/mol. The van der Waals surface area contributed by atoms with Crippen LogP contribution >= 0.6 is 11.3 Å². The van der Waals surface area contributed by atoms with Crippen molar-refractivity contribution >= 4 is 32.6 Å². The maximum absolute atomic E-state index is 12.1. The van der Waals surface area contributed by atoms with E-state index in [1.54, 1.807) is 0 Å². The van der Waals surface area contributed by atoms with Crippen molar-refractivity contribution in [1.82, 2.24) is 4.98 Å². The Kier molecular flexibility index (Phi) is 4.30. The number of thiazole rings is 1. The van der Waals surface area contributed by atoms with Crippen LogP contribution in [0.2, 0.25) is 0 Å². The van der Waals surface area contributed by atoms with E-state index in [4.69, 9.17) is 4.74 Å². The van der Waals surface area contributed by atoms with E-state index < -0.39 is 0 Å². The maximum atomic E-state index is 12.1. The van der Waals surface area contributed by atoms with Gasteiger partial charge in [-0.05, 0) is 49.6 Å². The Balaban J connectivity index is 1.68. The van der Waals surface area contributed by atoms with E-state index >= 15 is 0 Å². The first-order chi connectivity index (χ1) is 11.0. The molecule has 118 valence electrons. The predicted octanol–water partition coefficient (Wildman–Crippen LogP) is 4.24. The molecule has 0 aliphatic heterocycles. The zero-order chi connectivity index (χ0) is 16.4. The molecule has 0 unspecified atom stereocenters. The van der Waals surface area contributed by atoms with Crippen LogP contribution in [-0.2, 0) is 4.79 Å². The molecule has 4 nitrogen and oxygen atoms in total. The minimum Gasteiger partial charge on any atom is -0.483 e. The van der Waals surface area contributed by atoms with Crippen LogP contribution in [0.25, 0.3) is 10.2 Å². The van der Waals surface area contributed by atoms with E-state index in [0.717, 1.165) is 21.5 Å². The molecule has 23 heavy (non-hydrogen) atoms. The second-order valence-corrected chi connectivity index (χ2v) is 6.55. The fourth-order valence-corrected chi connectivity index (χ4v) is 3.38. The van der Waals surface area contributed by atoms with E-state index in [-0.39, 0.29) is 12.5 Å². The molecule has 0 fully saturated rings. The monoisotopic (exact) mass is 326 g/mol. The Labute approximate surface area is 139 Å². The summed E-state index contributed by atoms with van der Waals surface area (Å²) in [5, 5.41) is 3.42. The Morgan fingerprint density at radius 2 is 1.96 bits per heavy atom. The minimum atomic E-state index is -0.207. The van der Waals surface area contributed by atoms with E-state index in [1.165, 1.54) is 22.5 Å². The molecule has 2 aromatic carbocycles. The van der Waals surface area contributed by atoms with Crippen molar-refractivity contribution in [3.8, 4) is 5.75 Å². The van der Waals surface area contributed by atoms with E-state index in [1.807, 2.05) is 44.2 Å². The number of fused-ring (bicyclic) bond motifs is 1. The normalized spacial score (nSPS) is 10.7. The van der Waals surface area contributed by atoms with Gasteiger partial charge >= 0.3 is 0 Å². The lowest BCUT2D eigenvalue weighted by Gasteiger charge is -2.07. The van der Waals surface area contributed by atoms with Crippen LogP contribution in [0.5, 0.6) is 5.75 Å². The number of anilines is 1. The number of para-hydroxylation sites is 1. The lowest BCUT2D eigenvalue weighted by molar-refractivity contribution is -0.118. The number of carbonyl (C=O) groups excluding carboxylic acids is 1. The summed E-state index contributed by atoms with van der Waals surface area (Å²) in [5.41, 5.74) is 4.27. The van der Waals surface area contributed by atoms with Gasteiger partial charge in [-0.1, -0.05) is 35.6 Å². The molecule has 3 rings (SSSR count). The molecule has 0 aliphatic rings. The number of aryl methyl sites for hydroxylation is 3. The van der Waals surface area contributed by atoms with Crippen molar-refractivity contribution in [2.24, 2.45) is 0 Å². The van der Waals surface area contributed by atoms with Crippen LogP contribution in [0.1, 0.15) is 16.7 Å². The van der Waals surface area contributed by atoms with E-state index in [9.17, 15) is 4.79 Å². The second-order valence-electron chi connectivity index (χ2n) is 5.55. The smallest absolute Gasteiger partial charge is 0.264 e. The van der Waals surface area contributed by atoms with Crippen molar-refractivity contribution in [1.29, 1.82) is 0 Å². The first kappa shape index (κ1) is 15.5. The topological polar surface area (TPSA) is 51.2 Å². The van der Waals surface area contributed by atoms with Gasteiger partial charge in [0.05, 0.1) is 10.2 Å². The molecule has 0 atom stereocenters. The Morgan fingerprint density at radius 1 is 1.17 bits per heavy atom. The molecule has 0 bridgehead atoms. The third-order valence-corrected chi connectivity index (χ3v) is 4.64. The number of nitrogens with one attached hydrogen (secondary N) is 1. The summed E-state index contributed by atoms with van der Waals surface area (Å²) in [6, 6.07) is 11.8. The number of hydrogen-bond donors (Lipinski definition) is 1. The average Bonchev–Trinajstić information content (AvgIpc) is 2.89. The summed E-state index contributed by atoms with van der Waals surface area (Å²) in [4.78, 5) is 16.5. The highest BCUT2D eigenvalue weighted by Gasteiger charge is 2.11. The molecule has 0 saturated heterocycles. The molecular formula is C18H18N2O2S. The Morgan fingerprint density at radius 3 is 2.74 bits per heavy atom. The first-order valence-electron chi connectivity index (χ1n) is 7.39. The van der Waals surface area contributed by atoms with E-state index in [2.05, 4.69) is 23.3 Å². The van der Waals surface area contributed by atoms with Gasteiger partial charge in [0, 0.05) is 0 Å². The molecule has 0 saturated carbocycles. The zero-order valence-corrected chi connectivity index (χ0v) is 14.2. The van der Waals surface area contributed by atoms with Gasteiger partial charge in [-0.25, -0.2) is 4.98 Å². The highest BCUT2D eigenvalue weighted by molar-refractivity contribution is 7.22. The molecule has 0 aliphatic carbocycles. The maximum Gasteiger partial charge on any atom is 0.264 e. The Hall–Kier alpha value is -2.40. The fraction of sp³-hybridized carbons (Fsp3) is 0.222. The number of hydrogen-bond acceptors (Lipinski definition) is 4. The summed E-state index contributed by atoms with van der Waals surface area (Å²) in [5.74, 6) is 0.514. The average molecular weight is 326 g/mol. The van der Waals surface area contributed by atoms with Gasteiger partial charge in [-0.15, -0.1) is 0 Å². The quantitative estimate of drug-likeness (QED) is 0.780. The van der Waals surface area contributed by atoms with Crippen molar-refractivity contribution < 1.29 is 9.53 Å². The number of amides is 1. The van der Waals surface area contributed by atoms with Gasteiger partial charge < -0.3 is 4.74 Å². The minimum absolute atomic E-state index is 0.0290. The summed E-state index contributed by atoms with van der Waals surface area (Å²) in [6.45, 7) is 6.02. The highest BCUT2D eigenvalue weighted by atomic mass is 32.1. The fourth-order valence-electron chi connectivity index (χ4n) is 2.45. The molecule has 0 spiro atoms. The molecule has 5 heteroatoms. The number of nitrogens with zero attached hydrogens (tertiary/aromatic N) is 1. The van der Waals surface area contributed by atoms with Crippen LogP contribution in [0.15, 0.2) is 36.4 Å². The van der Waals surface area contributed by atoms with Crippen molar-refractivity contribution in [2.45, 2.75) is 20.8 Å². The van der Waals surface area contributed by atoms with Gasteiger partial charge in [0.25, 0.3) is 5.91 Å². The summed E-state index contributed by atoms with van der Waals surface area (Å²) < 4.78 is 6.66. The zero-order valence-electron chi connectivity index (χ0n) is 13.3. The molecule has 1 heterocycles. The number of benzene rings is 2. The van der Waals surface area contributed by atoms with Gasteiger partial charge in [-0.3, -0.25) is 10.1 Å². The summed E-state index contributed by atoms with van der Waals surface area (Å²) in [7, 11) is 0. The predicted molar refractivity (Wildman–Crippen MR) is 94.4 cm³/mol. The van der Waals surface area contributed by atoms with Gasteiger partial charge in [0.1, 0.15) is 5.75 Å². The van der Waals surface area contributed by atoms with Crippen molar-refractivity contribution in [3.05, 3.63) is 53.1 Å². The lowest BCUT2D eigenvalue weighted by Crippen LogP contribution is -2.20. The van der Waals surface area contributed by atoms with Gasteiger partial charge in [-0.2, -0.15) is 0 Å². The first-order valence-corrected chi connectivity index (χ1v) is 8.20. The third kappa shape index (κ3) is 3.51. The number of ether oxygens (including phenoxy) is 1. The Bertz CT molecular complexity index is 871. The van der Waals surface area contributed by atoms with Crippen molar-refractivity contribution in [3.63, 3.8) is 0 Å². The number of carbonyl (C=O) groups is 1. The van der Waals surface area contributed by atoms with Crippen LogP contribution in [0.3, 0.4) is 0 Å². The van der Waals surface area contributed by atoms with Crippen LogP contribution < -0.4 is 10.1 Å². The van der Waals surface area contributed by atoms with E-state index in [0.29, 0.717) is 5.13 Å². The molecule has 3 aromatic rings. The summed E-state index contributed by atoms with van der Waals surface area (Å²) in [6.07, 6.45) is 0. The van der Waals surface area contributed by atoms with Crippen molar-refractivity contribution in [2.75, 3.05) is 11.9 Å². The molecule has 1 aromatic heterocycles. The largest absolute Gasteiger partial charge is 0.483 e. The van der Waals surface area contributed by atoms with Crippen LogP contribution in [0, 0.1) is 20.8 Å².